The van der Waals surface area contributed by atoms with E-state index in [2.05, 4.69) is 63.7 Å². The Balaban J connectivity index is 0.00000312. The van der Waals surface area contributed by atoms with Crippen molar-refractivity contribution in [1.82, 2.24) is 20.5 Å². The Hall–Kier alpha value is -1.19. The van der Waals surface area contributed by atoms with E-state index in [1.807, 2.05) is 13.0 Å². The van der Waals surface area contributed by atoms with E-state index in [0.717, 1.165) is 36.3 Å². The number of thiazole rings is 1. The maximum Gasteiger partial charge on any atom is 0.191 e. The number of benzene rings is 1. The molecule has 2 rings (SSSR count). The minimum Gasteiger partial charge on any atom is -0.355 e. The molecular formula is C18H28IN5S. The molecule has 1 aromatic carbocycles. The van der Waals surface area contributed by atoms with Crippen molar-refractivity contribution < 1.29 is 0 Å². The van der Waals surface area contributed by atoms with E-state index >= 15 is 0 Å². The van der Waals surface area contributed by atoms with Crippen molar-refractivity contribution in [3.05, 3.63) is 51.5 Å². The normalized spacial score (nSPS) is 11.3. The number of guanidine groups is 1. The van der Waals surface area contributed by atoms with Gasteiger partial charge in [0.05, 0.1) is 12.2 Å². The number of aryl methyl sites for hydroxylation is 2. The van der Waals surface area contributed by atoms with Gasteiger partial charge in [0.25, 0.3) is 0 Å². The predicted octanol–water partition coefficient (Wildman–Crippen LogP) is 3.17. The van der Waals surface area contributed by atoms with E-state index in [1.54, 1.807) is 18.4 Å². The third-order valence-corrected chi connectivity index (χ3v) is 4.86. The van der Waals surface area contributed by atoms with Crippen molar-refractivity contribution in [1.29, 1.82) is 0 Å². The third kappa shape index (κ3) is 7.70. The van der Waals surface area contributed by atoms with Crippen LogP contribution in [0, 0.1) is 13.8 Å². The van der Waals surface area contributed by atoms with Gasteiger partial charge in [-0.1, -0.05) is 30.3 Å². The van der Waals surface area contributed by atoms with E-state index in [4.69, 9.17) is 0 Å². The zero-order valence-corrected chi connectivity index (χ0v) is 18.5. The fourth-order valence-corrected chi connectivity index (χ4v) is 3.21. The number of hydrogen-bond acceptors (Lipinski definition) is 4. The van der Waals surface area contributed by atoms with Gasteiger partial charge < -0.3 is 15.5 Å². The van der Waals surface area contributed by atoms with Crippen LogP contribution < -0.4 is 10.6 Å². The molecule has 2 aromatic rings. The first-order valence-corrected chi connectivity index (χ1v) is 9.00. The zero-order valence-electron chi connectivity index (χ0n) is 15.4. The first kappa shape index (κ1) is 21.9. The van der Waals surface area contributed by atoms with Gasteiger partial charge in [0, 0.05) is 31.6 Å². The van der Waals surface area contributed by atoms with Crippen molar-refractivity contribution in [2.45, 2.75) is 26.9 Å². The smallest absolute Gasteiger partial charge is 0.191 e. The topological polar surface area (TPSA) is 52.6 Å². The molecule has 0 aliphatic carbocycles. The molecule has 0 atom stereocenters. The van der Waals surface area contributed by atoms with Crippen molar-refractivity contribution in [3.8, 4) is 0 Å². The second-order valence-electron chi connectivity index (χ2n) is 5.83. The number of rotatable bonds is 7. The maximum absolute atomic E-state index is 4.54. The lowest BCUT2D eigenvalue weighted by Gasteiger charge is -2.18. The lowest BCUT2D eigenvalue weighted by Crippen LogP contribution is -2.40. The maximum atomic E-state index is 4.54. The summed E-state index contributed by atoms with van der Waals surface area (Å²) < 4.78 is 0. The van der Waals surface area contributed by atoms with Gasteiger partial charge in [-0.05, 0) is 26.5 Å². The lowest BCUT2D eigenvalue weighted by molar-refractivity contribution is 0.331. The fourth-order valence-electron chi connectivity index (χ4n) is 2.33. The number of aromatic nitrogens is 1. The first-order valence-electron chi connectivity index (χ1n) is 8.18. The van der Waals surface area contributed by atoms with Crippen LogP contribution in [0.25, 0.3) is 0 Å². The molecule has 0 aliphatic heterocycles. The summed E-state index contributed by atoms with van der Waals surface area (Å²) in [4.78, 5) is 12.4. The molecule has 0 aliphatic rings. The standard InChI is InChI=1S/C18H27N5S.HI/c1-14-15(2)24-17(22-14)12-21-18(19-3)20-10-11-23(4)13-16-8-6-5-7-9-16;/h5-9H,10-13H2,1-4H3,(H2,19,20,21);1H. The first-order chi connectivity index (χ1) is 11.6. The number of hydrogen-bond donors (Lipinski definition) is 2. The Kier molecular flexibility index (Phi) is 9.99. The molecule has 25 heavy (non-hydrogen) atoms. The van der Waals surface area contributed by atoms with Gasteiger partial charge in [0.2, 0.25) is 0 Å². The molecule has 0 fully saturated rings. The number of nitrogens with zero attached hydrogens (tertiary/aromatic N) is 3. The highest BCUT2D eigenvalue weighted by Gasteiger charge is 2.05. The highest BCUT2D eigenvalue weighted by Crippen LogP contribution is 2.15. The molecule has 5 nitrogen and oxygen atoms in total. The van der Waals surface area contributed by atoms with Gasteiger partial charge in [0.15, 0.2) is 5.96 Å². The van der Waals surface area contributed by atoms with E-state index in [1.165, 1.54) is 10.4 Å². The highest BCUT2D eigenvalue weighted by molar-refractivity contribution is 14.0. The molecular weight excluding hydrogens is 445 g/mol. The van der Waals surface area contributed by atoms with Crippen LogP contribution in [0.15, 0.2) is 35.3 Å². The molecule has 138 valence electrons. The number of halogens is 1. The molecule has 0 saturated heterocycles. The van der Waals surface area contributed by atoms with Gasteiger partial charge in [-0.2, -0.15) is 0 Å². The van der Waals surface area contributed by atoms with E-state index in [0.29, 0.717) is 6.54 Å². The van der Waals surface area contributed by atoms with Crippen molar-refractivity contribution >= 4 is 41.3 Å². The van der Waals surface area contributed by atoms with E-state index < -0.39 is 0 Å². The summed E-state index contributed by atoms with van der Waals surface area (Å²) >= 11 is 1.73. The largest absolute Gasteiger partial charge is 0.355 e. The molecule has 0 unspecified atom stereocenters. The fraction of sp³-hybridized carbons (Fsp3) is 0.444. The van der Waals surface area contributed by atoms with E-state index in [-0.39, 0.29) is 24.0 Å². The van der Waals surface area contributed by atoms with Crippen LogP contribution in [-0.2, 0) is 13.1 Å². The zero-order chi connectivity index (χ0) is 17.4. The third-order valence-electron chi connectivity index (χ3n) is 3.78. The Bertz CT molecular complexity index is 637. The SMILES string of the molecule is CN=C(NCCN(C)Cc1ccccc1)NCc1nc(C)c(C)s1.I. The van der Waals surface area contributed by atoms with Crippen LogP contribution in [0.2, 0.25) is 0 Å². The Morgan fingerprint density at radius 3 is 2.52 bits per heavy atom. The second kappa shape index (κ2) is 11.4. The van der Waals surface area contributed by atoms with Gasteiger partial charge >= 0.3 is 0 Å². The molecule has 1 aromatic heterocycles. The summed E-state index contributed by atoms with van der Waals surface area (Å²) in [6.45, 7) is 7.60. The van der Waals surface area contributed by atoms with Crippen LogP contribution >= 0.6 is 35.3 Å². The molecule has 0 radical (unpaired) electrons. The molecule has 2 N–H and O–H groups in total. The minimum absolute atomic E-state index is 0. The van der Waals surface area contributed by atoms with Crippen LogP contribution in [-0.4, -0.2) is 43.0 Å². The Labute approximate surface area is 172 Å². The quantitative estimate of drug-likeness (QED) is 0.369. The molecule has 0 saturated carbocycles. The molecule has 7 heteroatoms. The summed E-state index contributed by atoms with van der Waals surface area (Å²) in [7, 11) is 3.92. The Morgan fingerprint density at radius 2 is 1.92 bits per heavy atom. The number of likely N-dealkylation sites (N-methyl/N-ethyl adjacent to an activating group) is 1. The monoisotopic (exact) mass is 473 g/mol. The van der Waals surface area contributed by atoms with Crippen LogP contribution in [0.1, 0.15) is 21.1 Å². The van der Waals surface area contributed by atoms with Crippen LogP contribution in [0.5, 0.6) is 0 Å². The van der Waals surface area contributed by atoms with Gasteiger partial charge in [0.1, 0.15) is 5.01 Å². The van der Waals surface area contributed by atoms with Gasteiger partial charge in [-0.25, -0.2) is 4.98 Å². The summed E-state index contributed by atoms with van der Waals surface area (Å²) in [5, 5.41) is 7.76. The van der Waals surface area contributed by atoms with Crippen molar-refractivity contribution in [3.63, 3.8) is 0 Å². The van der Waals surface area contributed by atoms with E-state index in [9.17, 15) is 0 Å². The summed E-state index contributed by atoms with van der Waals surface area (Å²) in [5.74, 6) is 0.814. The average molecular weight is 473 g/mol. The predicted molar refractivity (Wildman–Crippen MR) is 118 cm³/mol. The highest BCUT2D eigenvalue weighted by atomic mass is 127. The van der Waals surface area contributed by atoms with Crippen molar-refractivity contribution in [2.75, 3.05) is 27.2 Å². The Morgan fingerprint density at radius 1 is 1.20 bits per heavy atom. The van der Waals surface area contributed by atoms with Gasteiger partial charge in [-0.15, -0.1) is 35.3 Å². The lowest BCUT2D eigenvalue weighted by atomic mass is 10.2. The summed E-state index contributed by atoms with van der Waals surface area (Å²) in [6.07, 6.45) is 0. The minimum atomic E-state index is 0. The van der Waals surface area contributed by atoms with Crippen LogP contribution in [0.3, 0.4) is 0 Å². The summed E-state index contributed by atoms with van der Waals surface area (Å²) in [6, 6.07) is 10.5. The number of aliphatic imine (C=N–C) groups is 1. The molecule has 1 heterocycles. The average Bonchev–Trinajstić information content (AvgIpc) is 2.90. The molecule has 0 spiro atoms. The molecule has 0 amide bonds. The van der Waals surface area contributed by atoms with Crippen LogP contribution in [0.4, 0.5) is 0 Å². The second-order valence-corrected chi connectivity index (χ2v) is 7.11. The van der Waals surface area contributed by atoms with Gasteiger partial charge in [-0.3, -0.25) is 4.99 Å². The molecule has 0 bridgehead atoms. The summed E-state index contributed by atoms with van der Waals surface area (Å²) in [5.41, 5.74) is 2.44. The van der Waals surface area contributed by atoms with Crippen molar-refractivity contribution in [2.24, 2.45) is 4.99 Å². The number of nitrogens with one attached hydrogen (secondary N) is 2.